The second-order valence-corrected chi connectivity index (χ2v) is 6.86. The van der Waals surface area contributed by atoms with E-state index in [1.807, 2.05) is 12.1 Å². The van der Waals surface area contributed by atoms with E-state index >= 15 is 0 Å². The molecule has 0 radical (unpaired) electrons. The largest absolute Gasteiger partial charge is 0.298 e. The summed E-state index contributed by atoms with van der Waals surface area (Å²) < 4.78 is 13.0. The topological polar surface area (TPSA) is 12.0 Å². The molecule has 0 aliphatic heterocycles. The van der Waals surface area contributed by atoms with E-state index < -0.39 is 0 Å². The van der Waals surface area contributed by atoms with Crippen LogP contribution in [0.2, 0.25) is 0 Å². The van der Waals surface area contributed by atoms with Crippen molar-refractivity contribution in [3.63, 3.8) is 0 Å². The van der Waals surface area contributed by atoms with Crippen LogP contribution in [0.1, 0.15) is 34.3 Å². The van der Waals surface area contributed by atoms with Gasteiger partial charge in [-0.3, -0.25) is 5.32 Å². The Hall–Kier alpha value is -1.49. The van der Waals surface area contributed by atoms with Gasteiger partial charge in [-0.2, -0.15) is 0 Å². The van der Waals surface area contributed by atoms with Gasteiger partial charge in [0.15, 0.2) is 0 Å². The Bertz CT molecular complexity index is 625. The molecule has 0 unspecified atom stereocenters. The fraction of sp³-hybridized carbons (Fsp3) is 0.176. The zero-order valence-corrected chi connectivity index (χ0v) is 13.3. The van der Waals surface area contributed by atoms with E-state index in [-0.39, 0.29) is 17.9 Å². The molecule has 2 heterocycles. The normalized spacial score (nSPS) is 12.7. The first-order valence-electron chi connectivity index (χ1n) is 6.82. The maximum absolute atomic E-state index is 13.0. The summed E-state index contributed by atoms with van der Waals surface area (Å²) in [6.07, 6.45) is 0. The van der Waals surface area contributed by atoms with Gasteiger partial charge < -0.3 is 0 Å². The number of hydrogen-bond donors (Lipinski definition) is 1. The fourth-order valence-corrected chi connectivity index (χ4v) is 3.99. The van der Waals surface area contributed by atoms with Gasteiger partial charge in [0.25, 0.3) is 0 Å². The van der Waals surface area contributed by atoms with Gasteiger partial charge in [0.2, 0.25) is 0 Å². The lowest BCUT2D eigenvalue weighted by molar-refractivity contribution is 0.525. The third kappa shape index (κ3) is 3.40. The van der Waals surface area contributed by atoms with Crippen LogP contribution >= 0.6 is 22.7 Å². The molecular formula is C17H16FNS2. The predicted octanol–water partition coefficient (Wildman–Crippen LogP) is 5.39. The van der Waals surface area contributed by atoms with Crippen LogP contribution in [0, 0.1) is 5.82 Å². The van der Waals surface area contributed by atoms with Crippen LogP contribution in [-0.2, 0) is 0 Å². The molecule has 1 N–H and O–H groups in total. The van der Waals surface area contributed by atoms with E-state index in [4.69, 9.17) is 0 Å². The van der Waals surface area contributed by atoms with Crippen LogP contribution in [0.25, 0.3) is 0 Å². The first-order valence-corrected chi connectivity index (χ1v) is 8.58. The van der Waals surface area contributed by atoms with Gasteiger partial charge in [-0.05, 0) is 47.5 Å². The van der Waals surface area contributed by atoms with Crippen molar-refractivity contribution in [2.75, 3.05) is 0 Å². The highest BCUT2D eigenvalue weighted by Crippen LogP contribution is 2.31. The van der Waals surface area contributed by atoms with Crippen molar-refractivity contribution in [1.29, 1.82) is 0 Å². The Labute approximate surface area is 132 Å². The minimum absolute atomic E-state index is 0.153. The quantitative estimate of drug-likeness (QED) is 0.665. The molecule has 1 nitrogen and oxygen atoms in total. The molecule has 0 aliphatic carbocycles. The second kappa shape index (κ2) is 6.52. The zero-order chi connectivity index (χ0) is 14.7. The average molecular weight is 317 g/mol. The Morgan fingerprint density at radius 2 is 1.48 bits per heavy atom. The number of thiophene rings is 2. The van der Waals surface area contributed by atoms with E-state index in [0.717, 1.165) is 5.56 Å². The molecule has 0 spiro atoms. The molecule has 1 atom stereocenters. The molecule has 1 aromatic carbocycles. The van der Waals surface area contributed by atoms with E-state index in [1.54, 1.807) is 22.7 Å². The van der Waals surface area contributed by atoms with Gasteiger partial charge in [0.05, 0.1) is 6.04 Å². The van der Waals surface area contributed by atoms with Crippen LogP contribution in [0.3, 0.4) is 0 Å². The molecule has 0 saturated heterocycles. The third-order valence-electron chi connectivity index (χ3n) is 3.44. The lowest BCUT2D eigenvalue weighted by Gasteiger charge is -2.22. The zero-order valence-electron chi connectivity index (χ0n) is 11.6. The van der Waals surface area contributed by atoms with Gasteiger partial charge in [-0.25, -0.2) is 4.39 Å². The van der Waals surface area contributed by atoms with Crippen molar-refractivity contribution in [3.8, 4) is 0 Å². The predicted molar refractivity (Wildman–Crippen MR) is 88.4 cm³/mol. The molecule has 2 aromatic heterocycles. The molecule has 0 saturated carbocycles. The summed E-state index contributed by atoms with van der Waals surface area (Å²) in [6, 6.07) is 15.5. The molecule has 3 aromatic rings. The van der Waals surface area contributed by atoms with E-state index in [0.29, 0.717) is 0 Å². The van der Waals surface area contributed by atoms with E-state index in [9.17, 15) is 4.39 Å². The number of halogens is 1. The fourth-order valence-electron chi connectivity index (χ4n) is 2.31. The molecule has 4 heteroatoms. The number of rotatable bonds is 5. The second-order valence-electron chi connectivity index (χ2n) is 4.90. The van der Waals surface area contributed by atoms with Gasteiger partial charge in [0, 0.05) is 15.8 Å². The molecule has 0 aliphatic rings. The van der Waals surface area contributed by atoms with Crippen LogP contribution in [0.4, 0.5) is 4.39 Å². The number of hydrogen-bond acceptors (Lipinski definition) is 3. The molecule has 3 rings (SSSR count). The van der Waals surface area contributed by atoms with Gasteiger partial charge in [-0.15, -0.1) is 22.7 Å². The van der Waals surface area contributed by atoms with Crippen LogP contribution in [-0.4, -0.2) is 0 Å². The van der Waals surface area contributed by atoms with Crippen molar-refractivity contribution < 1.29 is 4.39 Å². The first kappa shape index (κ1) is 14.4. The van der Waals surface area contributed by atoms with E-state index in [2.05, 4.69) is 47.3 Å². The summed E-state index contributed by atoms with van der Waals surface area (Å²) in [7, 11) is 0. The highest BCUT2D eigenvalue weighted by Gasteiger charge is 2.19. The Morgan fingerprint density at radius 1 is 0.905 bits per heavy atom. The van der Waals surface area contributed by atoms with Crippen LogP contribution in [0.15, 0.2) is 59.3 Å². The van der Waals surface area contributed by atoms with Crippen molar-refractivity contribution in [3.05, 3.63) is 80.4 Å². The molecule has 0 amide bonds. The molecular weight excluding hydrogens is 301 g/mol. The maximum atomic E-state index is 13.0. The standard InChI is InChI=1S/C17H16FNS2/c1-12(13-6-8-14(18)9-7-13)19-17(15-4-2-10-20-15)16-5-3-11-21-16/h2-12,17,19H,1H3/t12-/m1/s1. The lowest BCUT2D eigenvalue weighted by Crippen LogP contribution is -2.24. The highest BCUT2D eigenvalue weighted by atomic mass is 32.1. The summed E-state index contributed by atoms with van der Waals surface area (Å²) in [4.78, 5) is 2.60. The highest BCUT2D eigenvalue weighted by molar-refractivity contribution is 7.11. The summed E-state index contributed by atoms with van der Waals surface area (Å²) in [5.74, 6) is -0.195. The SMILES string of the molecule is C[C@@H](NC(c1cccs1)c1cccs1)c1ccc(F)cc1. The van der Waals surface area contributed by atoms with Crippen LogP contribution in [0.5, 0.6) is 0 Å². The van der Waals surface area contributed by atoms with Crippen molar-refractivity contribution in [1.82, 2.24) is 5.32 Å². The monoisotopic (exact) mass is 317 g/mol. The minimum Gasteiger partial charge on any atom is -0.298 e. The van der Waals surface area contributed by atoms with Gasteiger partial charge in [0.1, 0.15) is 5.82 Å². The smallest absolute Gasteiger partial charge is 0.123 e. The molecule has 0 bridgehead atoms. The van der Waals surface area contributed by atoms with Crippen LogP contribution < -0.4 is 5.32 Å². The summed E-state index contributed by atoms with van der Waals surface area (Å²) >= 11 is 3.51. The maximum Gasteiger partial charge on any atom is 0.123 e. The Kier molecular flexibility index (Phi) is 4.48. The Morgan fingerprint density at radius 3 is 1.95 bits per heavy atom. The molecule has 0 fully saturated rings. The van der Waals surface area contributed by atoms with Crippen molar-refractivity contribution >= 4 is 22.7 Å². The Balaban J connectivity index is 1.83. The lowest BCUT2D eigenvalue weighted by atomic mass is 10.1. The van der Waals surface area contributed by atoms with Gasteiger partial charge in [-0.1, -0.05) is 24.3 Å². The number of nitrogens with one attached hydrogen (secondary N) is 1. The van der Waals surface area contributed by atoms with E-state index in [1.165, 1.54) is 21.9 Å². The first-order chi connectivity index (χ1) is 10.2. The number of benzene rings is 1. The summed E-state index contributed by atoms with van der Waals surface area (Å²) in [6.45, 7) is 2.11. The van der Waals surface area contributed by atoms with Crippen molar-refractivity contribution in [2.45, 2.75) is 19.0 Å². The summed E-state index contributed by atoms with van der Waals surface area (Å²) in [5.41, 5.74) is 1.09. The van der Waals surface area contributed by atoms with Gasteiger partial charge >= 0.3 is 0 Å². The third-order valence-corrected chi connectivity index (χ3v) is 5.32. The summed E-state index contributed by atoms with van der Waals surface area (Å²) in [5, 5.41) is 7.85. The minimum atomic E-state index is -0.195. The average Bonchev–Trinajstić information content (AvgIpc) is 3.19. The van der Waals surface area contributed by atoms with Crippen molar-refractivity contribution in [2.24, 2.45) is 0 Å². The molecule has 108 valence electrons. The molecule has 21 heavy (non-hydrogen) atoms.